The van der Waals surface area contributed by atoms with Crippen LogP contribution in [-0.4, -0.2) is 39.1 Å². The molecule has 2 aliphatic rings. The predicted molar refractivity (Wildman–Crippen MR) is 89.0 cm³/mol. The van der Waals surface area contributed by atoms with E-state index in [0.717, 1.165) is 49.1 Å². The van der Waals surface area contributed by atoms with E-state index in [1.807, 2.05) is 0 Å². The molecule has 1 aliphatic heterocycles. The van der Waals surface area contributed by atoms with Crippen LogP contribution in [0.1, 0.15) is 56.6 Å². The van der Waals surface area contributed by atoms with E-state index in [9.17, 15) is 4.79 Å². The summed E-state index contributed by atoms with van der Waals surface area (Å²) in [5.41, 5.74) is 1.93. The van der Waals surface area contributed by atoms with Crippen molar-refractivity contribution in [2.75, 3.05) is 13.1 Å². The van der Waals surface area contributed by atoms with E-state index in [1.54, 1.807) is 6.20 Å². The Balaban J connectivity index is 1.44. The number of hydrogen-bond acceptors (Lipinski definition) is 3. The fourth-order valence-electron chi connectivity index (χ4n) is 4.10. The zero-order valence-corrected chi connectivity index (χ0v) is 13.5. The zero-order chi connectivity index (χ0) is 15.6. The van der Waals surface area contributed by atoms with Crippen LogP contribution >= 0.6 is 0 Å². The molecule has 5 nitrogen and oxygen atoms in total. The van der Waals surface area contributed by atoms with E-state index in [-0.39, 0.29) is 0 Å². The number of carbonyl (C=O) groups is 1. The fraction of sp³-hybridized carbons (Fsp3) is 0.611. The molecule has 0 unspecified atom stereocenters. The quantitative estimate of drug-likeness (QED) is 0.946. The van der Waals surface area contributed by atoms with Gasteiger partial charge in [-0.05, 0) is 43.7 Å². The van der Waals surface area contributed by atoms with Gasteiger partial charge >= 0.3 is 0 Å². The van der Waals surface area contributed by atoms with Gasteiger partial charge in [-0.2, -0.15) is 5.10 Å². The number of likely N-dealkylation sites (tertiary alicyclic amines) is 1. The second-order valence-corrected chi connectivity index (χ2v) is 7.08. The average Bonchev–Trinajstić information content (AvgIpc) is 3.25. The van der Waals surface area contributed by atoms with Gasteiger partial charge in [0.25, 0.3) is 0 Å². The van der Waals surface area contributed by atoms with Crippen LogP contribution in [0.4, 0.5) is 0 Å². The van der Waals surface area contributed by atoms with Crippen molar-refractivity contribution in [2.45, 2.75) is 50.9 Å². The van der Waals surface area contributed by atoms with Crippen LogP contribution in [-0.2, 0) is 4.79 Å². The minimum atomic E-state index is 0.351. The number of H-pyrrole nitrogens is 1. The standard InChI is InChI=1S/C18H24N4O/c23-17(10-13-4-1-2-5-13)22-9-3-6-15(12-22)16-8-7-14-11-19-21-18(14)20-16/h7-8,11,13,15H,1-6,9-10,12H2,(H,19,20,21)/t15-/m1/s1. The van der Waals surface area contributed by atoms with Gasteiger partial charge in [0, 0.05) is 36.5 Å². The maximum atomic E-state index is 12.6. The molecule has 0 radical (unpaired) electrons. The SMILES string of the molecule is O=C(CC1CCCC1)N1CCC[C@@H](c2ccc3cn[nH]c3n2)C1. The zero-order valence-electron chi connectivity index (χ0n) is 13.5. The lowest BCUT2D eigenvalue weighted by atomic mass is 9.93. The molecule has 122 valence electrons. The van der Waals surface area contributed by atoms with Crippen molar-refractivity contribution >= 4 is 16.9 Å². The lowest BCUT2D eigenvalue weighted by molar-refractivity contribution is -0.133. The van der Waals surface area contributed by atoms with Crippen molar-refractivity contribution < 1.29 is 4.79 Å². The van der Waals surface area contributed by atoms with Gasteiger partial charge in [0.15, 0.2) is 5.65 Å². The number of piperidine rings is 1. The number of fused-ring (bicyclic) bond motifs is 1. The monoisotopic (exact) mass is 312 g/mol. The number of carbonyl (C=O) groups excluding carboxylic acids is 1. The van der Waals surface area contributed by atoms with E-state index in [1.165, 1.54) is 25.7 Å². The average molecular weight is 312 g/mol. The number of nitrogens with zero attached hydrogens (tertiary/aromatic N) is 3. The molecule has 1 aliphatic carbocycles. The van der Waals surface area contributed by atoms with Crippen molar-refractivity contribution in [3.63, 3.8) is 0 Å². The molecule has 0 spiro atoms. The highest BCUT2D eigenvalue weighted by Crippen LogP contribution is 2.31. The summed E-state index contributed by atoms with van der Waals surface area (Å²) in [6.07, 6.45) is 9.80. The highest BCUT2D eigenvalue weighted by Gasteiger charge is 2.28. The summed E-state index contributed by atoms with van der Waals surface area (Å²) < 4.78 is 0. The minimum absolute atomic E-state index is 0.351. The van der Waals surface area contributed by atoms with Gasteiger partial charge in [-0.3, -0.25) is 9.89 Å². The number of nitrogens with one attached hydrogen (secondary N) is 1. The number of rotatable bonds is 3. The Morgan fingerprint density at radius 2 is 2.09 bits per heavy atom. The second kappa shape index (κ2) is 6.30. The number of pyridine rings is 1. The summed E-state index contributed by atoms with van der Waals surface area (Å²) in [4.78, 5) is 19.4. The third kappa shape index (κ3) is 3.09. The van der Waals surface area contributed by atoms with E-state index < -0.39 is 0 Å². The summed E-state index contributed by atoms with van der Waals surface area (Å²) in [6.45, 7) is 1.73. The second-order valence-electron chi connectivity index (χ2n) is 7.08. The lowest BCUT2D eigenvalue weighted by Crippen LogP contribution is -2.39. The molecular formula is C18H24N4O. The van der Waals surface area contributed by atoms with Gasteiger partial charge in [-0.1, -0.05) is 12.8 Å². The van der Waals surface area contributed by atoms with Gasteiger partial charge in [0.1, 0.15) is 0 Å². The molecular weight excluding hydrogens is 288 g/mol. The Morgan fingerprint density at radius 3 is 2.96 bits per heavy atom. The van der Waals surface area contributed by atoms with Gasteiger partial charge in [-0.15, -0.1) is 0 Å². The molecule has 2 aromatic heterocycles. The third-order valence-electron chi connectivity index (χ3n) is 5.45. The van der Waals surface area contributed by atoms with Gasteiger partial charge < -0.3 is 4.90 Å². The van der Waals surface area contributed by atoms with Crippen LogP contribution in [0.5, 0.6) is 0 Å². The first kappa shape index (κ1) is 14.7. The summed E-state index contributed by atoms with van der Waals surface area (Å²) >= 11 is 0. The van der Waals surface area contributed by atoms with Gasteiger partial charge in [0.05, 0.1) is 6.20 Å². The summed E-state index contributed by atoms with van der Waals surface area (Å²) in [6, 6.07) is 4.16. The summed E-state index contributed by atoms with van der Waals surface area (Å²) in [5, 5.41) is 8.02. The Kier molecular flexibility index (Phi) is 4.02. The molecule has 1 saturated carbocycles. The maximum absolute atomic E-state index is 12.6. The van der Waals surface area contributed by atoms with E-state index in [4.69, 9.17) is 4.98 Å². The van der Waals surface area contributed by atoms with Crippen molar-refractivity contribution in [3.8, 4) is 0 Å². The maximum Gasteiger partial charge on any atom is 0.222 e. The number of hydrogen-bond donors (Lipinski definition) is 1. The Labute approximate surface area is 136 Å². The molecule has 4 rings (SSSR count). The molecule has 1 saturated heterocycles. The Bertz CT molecular complexity index is 689. The van der Waals surface area contributed by atoms with Crippen molar-refractivity contribution in [1.82, 2.24) is 20.1 Å². The first-order chi connectivity index (χ1) is 11.3. The molecule has 0 aromatic carbocycles. The number of aromatic amines is 1. The predicted octanol–water partition coefficient (Wildman–Crippen LogP) is 3.24. The number of amides is 1. The third-order valence-corrected chi connectivity index (χ3v) is 5.45. The van der Waals surface area contributed by atoms with Crippen molar-refractivity contribution in [2.24, 2.45) is 5.92 Å². The Hall–Kier alpha value is -1.91. The minimum Gasteiger partial charge on any atom is -0.342 e. The molecule has 2 fully saturated rings. The first-order valence-corrected chi connectivity index (χ1v) is 8.87. The van der Waals surface area contributed by atoms with Crippen molar-refractivity contribution in [3.05, 3.63) is 24.0 Å². The molecule has 0 bridgehead atoms. The molecule has 1 atom stereocenters. The van der Waals surface area contributed by atoms with Gasteiger partial charge in [0.2, 0.25) is 5.91 Å². The molecule has 2 aromatic rings. The largest absolute Gasteiger partial charge is 0.342 e. The number of aromatic nitrogens is 3. The topological polar surface area (TPSA) is 61.9 Å². The molecule has 3 heterocycles. The molecule has 1 amide bonds. The molecule has 5 heteroatoms. The fourth-order valence-corrected chi connectivity index (χ4v) is 4.10. The van der Waals surface area contributed by atoms with Gasteiger partial charge in [-0.25, -0.2) is 4.98 Å². The van der Waals surface area contributed by atoms with Crippen LogP contribution in [0.3, 0.4) is 0 Å². The van der Waals surface area contributed by atoms with E-state index in [0.29, 0.717) is 17.7 Å². The van der Waals surface area contributed by atoms with E-state index >= 15 is 0 Å². The van der Waals surface area contributed by atoms with E-state index in [2.05, 4.69) is 27.2 Å². The summed E-state index contributed by atoms with van der Waals surface area (Å²) in [5.74, 6) is 1.33. The van der Waals surface area contributed by atoms with Crippen LogP contribution in [0.15, 0.2) is 18.3 Å². The highest BCUT2D eigenvalue weighted by molar-refractivity contribution is 5.77. The lowest BCUT2D eigenvalue weighted by Gasteiger charge is -2.33. The van der Waals surface area contributed by atoms with Crippen molar-refractivity contribution in [1.29, 1.82) is 0 Å². The normalized spacial score (nSPS) is 22.8. The first-order valence-electron chi connectivity index (χ1n) is 8.87. The van der Waals surface area contributed by atoms with Crippen LogP contribution in [0, 0.1) is 5.92 Å². The molecule has 23 heavy (non-hydrogen) atoms. The smallest absolute Gasteiger partial charge is 0.222 e. The van der Waals surface area contributed by atoms with Crippen LogP contribution in [0.2, 0.25) is 0 Å². The van der Waals surface area contributed by atoms with Crippen LogP contribution in [0.25, 0.3) is 11.0 Å². The Morgan fingerprint density at radius 1 is 1.22 bits per heavy atom. The molecule has 1 N–H and O–H groups in total. The highest BCUT2D eigenvalue weighted by atomic mass is 16.2. The summed E-state index contributed by atoms with van der Waals surface area (Å²) in [7, 11) is 0. The van der Waals surface area contributed by atoms with Crippen LogP contribution < -0.4 is 0 Å².